The second-order valence-electron chi connectivity index (χ2n) is 8.54. The van der Waals surface area contributed by atoms with Crippen molar-refractivity contribution < 1.29 is 14.3 Å². The molecule has 1 aromatic heterocycles. The zero-order valence-electron chi connectivity index (χ0n) is 18.8. The Morgan fingerprint density at radius 3 is 2.67 bits per heavy atom. The molecule has 33 heavy (non-hydrogen) atoms. The second kappa shape index (κ2) is 9.72. The Labute approximate surface area is 193 Å². The molecule has 1 amide bonds. The Kier molecular flexibility index (Phi) is 6.37. The summed E-state index contributed by atoms with van der Waals surface area (Å²) in [5, 5.41) is 7.58. The molecule has 2 aliphatic heterocycles. The van der Waals surface area contributed by atoms with E-state index in [0.717, 1.165) is 53.8 Å². The highest BCUT2D eigenvalue weighted by Gasteiger charge is 2.19. The number of nitrogens with zero attached hydrogens (tertiary/aromatic N) is 3. The quantitative estimate of drug-likeness (QED) is 0.620. The van der Waals surface area contributed by atoms with Crippen molar-refractivity contribution in [3.05, 3.63) is 53.7 Å². The van der Waals surface area contributed by atoms with E-state index in [0.29, 0.717) is 37.8 Å². The summed E-state index contributed by atoms with van der Waals surface area (Å²) in [5.41, 5.74) is 3.41. The molecular weight excluding hydrogens is 418 g/mol. The SMILES string of the molecule is Cc1cc2cnc(Nc3ccc(C(=O)N4CCOCC4)cc3)nc2cc1OC1CCNCC1. The lowest BCUT2D eigenvalue weighted by Gasteiger charge is -2.26. The second-order valence-corrected chi connectivity index (χ2v) is 8.54. The molecule has 0 atom stereocenters. The monoisotopic (exact) mass is 447 g/mol. The van der Waals surface area contributed by atoms with Crippen LogP contribution in [0.5, 0.6) is 5.75 Å². The molecule has 8 nitrogen and oxygen atoms in total. The van der Waals surface area contributed by atoms with Gasteiger partial charge in [-0.3, -0.25) is 4.79 Å². The van der Waals surface area contributed by atoms with Crippen LogP contribution < -0.4 is 15.4 Å². The molecule has 0 bridgehead atoms. The third-order valence-electron chi connectivity index (χ3n) is 6.14. The zero-order chi connectivity index (χ0) is 22.6. The van der Waals surface area contributed by atoms with Crippen LogP contribution in [0.2, 0.25) is 0 Å². The van der Waals surface area contributed by atoms with E-state index in [4.69, 9.17) is 14.5 Å². The van der Waals surface area contributed by atoms with Gasteiger partial charge in [-0.2, -0.15) is 0 Å². The van der Waals surface area contributed by atoms with E-state index < -0.39 is 0 Å². The van der Waals surface area contributed by atoms with Crippen molar-refractivity contribution in [1.29, 1.82) is 0 Å². The lowest BCUT2D eigenvalue weighted by atomic mass is 10.1. The van der Waals surface area contributed by atoms with Gasteiger partial charge in [-0.1, -0.05) is 0 Å². The van der Waals surface area contributed by atoms with Crippen molar-refractivity contribution in [2.45, 2.75) is 25.9 Å². The molecule has 2 fully saturated rings. The number of anilines is 2. The predicted molar refractivity (Wildman–Crippen MR) is 127 cm³/mol. The van der Waals surface area contributed by atoms with Gasteiger partial charge < -0.3 is 25.0 Å². The standard InChI is InChI=1S/C25H29N5O3/c1-17-14-19-16-27-25(29-22(19)15-23(17)33-21-6-8-26-9-7-21)28-20-4-2-18(3-5-20)24(31)30-10-12-32-13-11-30/h2-5,14-16,21,26H,6-13H2,1H3,(H,27,28,29). The molecule has 5 rings (SSSR count). The van der Waals surface area contributed by atoms with Gasteiger partial charge in [0.25, 0.3) is 5.91 Å². The fraction of sp³-hybridized carbons (Fsp3) is 0.400. The van der Waals surface area contributed by atoms with Gasteiger partial charge in [0.2, 0.25) is 5.95 Å². The molecule has 0 aliphatic carbocycles. The lowest BCUT2D eigenvalue weighted by Crippen LogP contribution is -2.40. The van der Waals surface area contributed by atoms with Crippen molar-refractivity contribution in [3.8, 4) is 5.75 Å². The maximum atomic E-state index is 12.6. The molecule has 172 valence electrons. The molecule has 3 heterocycles. The van der Waals surface area contributed by atoms with Crippen LogP contribution in [-0.4, -0.2) is 66.3 Å². The first kappa shape index (κ1) is 21.6. The highest BCUT2D eigenvalue weighted by atomic mass is 16.5. The van der Waals surface area contributed by atoms with Crippen molar-refractivity contribution in [2.24, 2.45) is 0 Å². The van der Waals surface area contributed by atoms with Crippen LogP contribution in [-0.2, 0) is 4.74 Å². The molecule has 2 aromatic carbocycles. The number of fused-ring (bicyclic) bond motifs is 1. The third kappa shape index (κ3) is 5.07. The largest absolute Gasteiger partial charge is 0.490 e. The molecule has 2 N–H and O–H groups in total. The van der Waals surface area contributed by atoms with Crippen LogP contribution in [0.25, 0.3) is 10.9 Å². The van der Waals surface area contributed by atoms with Crippen LogP contribution >= 0.6 is 0 Å². The van der Waals surface area contributed by atoms with E-state index in [1.165, 1.54) is 0 Å². The zero-order valence-corrected chi connectivity index (χ0v) is 18.8. The summed E-state index contributed by atoms with van der Waals surface area (Å²) in [6.07, 6.45) is 4.08. The number of piperidine rings is 1. The van der Waals surface area contributed by atoms with Crippen molar-refractivity contribution in [2.75, 3.05) is 44.7 Å². The number of carbonyl (C=O) groups is 1. The van der Waals surface area contributed by atoms with E-state index >= 15 is 0 Å². The molecule has 3 aromatic rings. The van der Waals surface area contributed by atoms with Crippen LogP contribution in [0.1, 0.15) is 28.8 Å². The Morgan fingerprint density at radius 1 is 1.15 bits per heavy atom. The number of hydrogen-bond donors (Lipinski definition) is 2. The Hall–Kier alpha value is -3.23. The number of ether oxygens (including phenoxy) is 2. The summed E-state index contributed by atoms with van der Waals surface area (Å²) >= 11 is 0. The summed E-state index contributed by atoms with van der Waals surface area (Å²) in [6, 6.07) is 11.5. The topological polar surface area (TPSA) is 88.6 Å². The molecular formula is C25H29N5O3. The number of amides is 1. The van der Waals surface area contributed by atoms with E-state index in [9.17, 15) is 4.79 Å². The summed E-state index contributed by atoms with van der Waals surface area (Å²) < 4.78 is 11.6. The maximum Gasteiger partial charge on any atom is 0.254 e. The number of aryl methyl sites for hydroxylation is 1. The number of carbonyl (C=O) groups excluding carboxylic acids is 1. The Balaban J connectivity index is 1.30. The summed E-state index contributed by atoms with van der Waals surface area (Å²) in [5.74, 6) is 1.42. The molecule has 0 spiro atoms. The lowest BCUT2D eigenvalue weighted by molar-refractivity contribution is 0.0303. The highest BCUT2D eigenvalue weighted by molar-refractivity contribution is 5.94. The van der Waals surface area contributed by atoms with Gasteiger partial charge in [-0.25, -0.2) is 9.97 Å². The van der Waals surface area contributed by atoms with Gasteiger partial charge in [0.05, 0.1) is 18.7 Å². The van der Waals surface area contributed by atoms with Crippen LogP contribution in [0, 0.1) is 6.92 Å². The Morgan fingerprint density at radius 2 is 1.91 bits per heavy atom. The van der Waals surface area contributed by atoms with Crippen molar-refractivity contribution in [1.82, 2.24) is 20.2 Å². The molecule has 0 unspecified atom stereocenters. The first-order valence-corrected chi connectivity index (χ1v) is 11.5. The molecule has 8 heteroatoms. The summed E-state index contributed by atoms with van der Waals surface area (Å²) in [6.45, 7) is 6.49. The van der Waals surface area contributed by atoms with Gasteiger partial charge in [0, 0.05) is 42.0 Å². The minimum atomic E-state index is 0.0310. The van der Waals surface area contributed by atoms with Gasteiger partial charge >= 0.3 is 0 Å². The van der Waals surface area contributed by atoms with Gasteiger partial charge in [0.15, 0.2) is 0 Å². The maximum absolute atomic E-state index is 12.6. The van der Waals surface area contributed by atoms with E-state index in [2.05, 4.69) is 28.6 Å². The molecule has 2 saturated heterocycles. The predicted octanol–water partition coefficient (Wildman–Crippen LogP) is 3.29. The van der Waals surface area contributed by atoms with Crippen molar-refractivity contribution >= 4 is 28.4 Å². The van der Waals surface area contributed by atoms with Gasteiger partial charge in [0.1, 0.15) is 11.9 Å². The van der Waals surface area contributed by atoms with Gasteiger partial charge in [-0.05, 0) is 68.8 Å². The number of rotatable bonds is 5. The Bertz CT molecular complexity index is 1120. The molecule has 2 aliphatic rings. The van der Waals surface area contributed by atoms with Crippen LogP contribution in [0.15, 0.2) is 42.6 Å². The van der Waals surface area contributed by atoms with E-state index in [-0.39, 0.29) is 12.0 Å². The fourth-order valence-electron chi connectivity index (χ4n) is 4.23. The summed E-state index contributed by atoms with van der Waals surface area (Å²) in [7, 11) is 0. The summed E-state index contributed by atoms with van der Waals surface area (Å²) in [4.78, 5) is 23.6. The molecule has 0 radical (unpaired) electrons. The highest BCUT2D eigenvalue weighted by Crippen LogP contribution is 2.27. The number of benzene rings is 2. The van der Waals surface area contributed by atoms with E-state index in [1.54, 1.807) is 0 Å². The number of hydrogen-bond acceptors (Lipinski definition) is 7. The minimum Gasteiger partial charge on any atom is -0.490 e. The van der Waals surface area contributed by atoms with E-state index in [1.807, 2.05) is 41.4 Å². The van der Waals surface area contributed by atoms with Crippen molar-refractivity contribution in [3.63, 3.8) is 0 Å². The fourth-order valence-corrected chi connectivity index (χ4v) is 4.23. The first-order chi connectivity index (χ1) is 16.2. The number of morpholine rings is 1. The number of aromatic nitrogens is 2. The van der Waals surface area contributed by atoms with Crippen LogP contribution in [0.4, 0.5) is 11.6 Å². The third-order valence-corrected chi connectivity index (χ3v) is 6.14. The first-order valence-electron chi connectivity index (χ1n) is 11.5. The number of nitrogens with one attached hydrogen (secondary N) is 2. The average Bonchev–Trinajstić information content (AvgIpc) is 2.86. The smallest absolute Gasteiger partial charge is 0.254 e. The van der Waals surface area contributed by atoms with Gasteiger partial charge in [-0.15, -0.1) is 0 Å². The average molecular weight is 448 g/mol. The molecule has 0 saturated carbocycles. The normalized spacial score (nSPS) is 17.2. The minimum absolute atomic E-state index is 0.0310. The van der Waals surface area contributed by atoms with Crippen LogP contribution in [0.3, 0.4) is 0 Å².